The first kappa shape index (κ1) is 24.9. The van der Waals surface area contributed by atoms with Crippen molar-refractivity contribution < 1.29 is 4.39 Å². The summed E-state index contributed by atoms with van der Waals surface area (Å²) in [5, 5.41) is 12.2. The lowest BCUT2D eigenvalue weighted by Gasteiger charge is -2.07. The van der Waals surface area contributed by atoms with E-state index in [1.165, 1.54) is 11.6 Å². The fraction of sp³-hybridized carbons (Fsp3) is 0.0882. The van der Waals surface area contributed by atoms with Gasteiger partial charge in [-0.3, -0.25) is 10.1 Å². The standard InChI is InChI=1S/C34H27FN6/c1-21-12-24(15-26(35)13-21)27-8-5-9-30-28(27)16-32(38-30)34-33-31(40-41-34)11-10-29(39-33)25-14-23(19-37-20-25)18-36-17-22-6-3-2-4-7-22/h2-16,19-20,36,38H,17-18H2,1H3,(H,40,41). The Morgan fingerprint density at radius 1 is 0.780 bits per heavy atom. The lowest BCUT2D eigenvalue weighted by molar-refractivity contribution is 0.627. The molecule has 41 heavy (non-hydrogen) atoms. The number of aryl methyl sites for hydroxylation is 1. The number of benzene rings is 3. The number of rotatable bonds is 7. The molecule has 0 fully saturated rings. The van der Waals surface area contributed by atoms with Crippen molar-refractivity contribution in [2.24, 2.45) is 0 Å². The lowest BCUT2D eigenvalue weighted by Crippen LogP contribution is -2.12. The van der Waals surface area contributed by atoms with Crippen LogP contribution in [0.15, 0.2) is 103 Å². The predicted molar refractivity (Wildman–Crippen MR) is 162 cm³/mol. The number of hydrogen-bond acceptors (Lipinski definition) is 4. The smallest absolute Gasteiger partial charge is 0.135 e. The molecule has 0 aliphatic heterocycles. The summed E-state index contributed by atoms with van der Waals surface area (Å²) in [6.45, 7) is 3.40. The molecule has 0 saturated carbocycles. The number of hydrogen-bond donors (Lipinski definition) is 3. The molecule has 200 valence electrons. The summed E-state index contributed by atoms with van der Waals surface area (Å²) in [4.78, 5) is 13.0. The summed E-state index contributed by atoms with van der Waals surface area (Å²) in [6.07, 6.45) is 3.72. The maximum Gasteiger partial charge on any atom is 0.135 e. The van der Waals surface area contributed by atoms with Gasteiger partial charge in [-0.05, 0) is 77.2 Å². The number of nitrogens with zero attached hydrogens (tertiary/aromatic N) is 3. The second-order valence-corrected chi connectivity index (χ2v) is 10.3. The summed E-state index contributed by atoms with van der Waals surface area (Å²) in [5.41, 5.74) is 10.9. The van der Waals surface area contributed by atoms with Crippen LogP contribution in [0.4, 0.5) is 4.39 Å². The largest absolute Gasteiger partial charge is 0.353 e. The Bertz CT molecular complexity index is 1990. The Morgan fingerprint density at radius 2 is 1.66 bits per heavy atom. The van der Waals surface area contributed by atoms with Crippen LogP contribution in [0.5, 0.6) is 0 Å². The third-order valence-corrected chi connectivity index (χ3v) is 7.27. The normalized spacial score (nSPS) is 11.5. The Labute approximate surface area is 236 Å². The van der Waals surface area contributed by atoms with E-state index < -0.39 is 0 Å². The molecule has 4 heterocycles. The van der Waals surface area contributed by atoms with Gasteiger partial charge in [-0.1, -0.05) is 48.5 Å². The van der Waals surface area contributed by atoms with E-state index in [-0.39, 0.29) is 5.82 Å². The van der Waals surface area contributed by atoms with Gasteiger partial charge in [0.15, 0.2) is 0 Å². The van der Waals surface area contributed by atoms with Crippen LogP contribution in [0.3, 0.4) is 0 Å². The van der Waals surface area contributed by atoms with Gasteiger partial charge in [0.25, 0.3) is 0 Å². The number of H-pyrrole nitrogens is 2. The van der Waals surface area contributed by atoms with Crippen LogP contribution in [0.2, 0.25) is 0 Å². The monoisotopic (exact) mass is 538 g/mol. The summed E-state index contributed by atoms with van der Waals surface area (Å²) >= 11 is 0. The zero-order valence-corrected chi connectivity index (χ0v) is 22.4. The molecular weight excluding hydrogens is 511 g/mol. The molecule has 3 N–H and O–H groups in total. The third kappa shape index (κ3) is 4.99. The number of aromatic amines is 2. The van der Waals surface area contributed by atoms with E-state index in [1.54, 1.807) is 6.07 Å². The molecule has 0 spiro atoms. The van der Waals surface area contributed by atoms with Crippen molar-refractivity contribution in [2.75, 3.05) is 0 Å². The lowest BCUT2D eigenvalue weighted by atomic mass is 10.00. The van der Waals surface area contributed by atoms with Crippen molar-refractivity contribution in [1.29, 1.82) is 0 Å². The maximum absolute atomic E-state index is 14.2. The van der Waals surface area contributed by atoms with E-state index in [1.807, 2.05) is 73.9 Å². The molecule has 7 rings (SSSR count). The minimum absolute atomic E-state index is 0.242. The molecule has 0 aliphatic carbocycles. The van der Waals surface area contributed by atoms with E-state index in [2.05, 4.69) is 49.7 Å². The molecule has 7 aromatic rings. The van der Waals surface area contributed by atoms with Gasteiger partial charge in [0.2, 0.25) is 0 Å². The van der Waals surface area contributed by atoms with E-state index in [4.69, 9.17) is 4.98 Å². The van der Waals surface area contributed by atoms with Gasteiger partial charge in [0.1, 0.15) is 17.0 Å². The Hall–Kier alpha value is -5.14. The van der Waals surface area contributed by atoms with Crippen LogP contribution >= 0.6 is 0 Å². The topological polar surface area (TPSA) is 82.3 Å². The first-order valence-electron chi connectivity index (χ1n) is 13.5. The molecule has 0 atom stereocenters. The molecule has 3 aromatic carbocycles. The molecule has 0 amide bonds. The summed E-state index contributed by atoms with van der Waals surface area (Å²) in [7, 11) is 0. The molecule has 0 unspecified atom stereocenters. The van der Waals surface area contributed by atoms with Crippen molar-refractivity contribution >= 4 is 21.9 Å². The quantitative estimate of drug-likeness (QED) is 0.195. The molecule has 7 heteroatoms. The van der Waals surface area contributed by atoms with E-state index in [0.29, 0.717) is 6.54 Å². The molecule has 4 aromatic heterocycles. The van der Waals surface area contributed by atoms with Gasteiger partial charge in [-0.15, -0.1) is 0 Å². The van der Waals surface area contributed by atoms with Crippen LogP contribution in [0.1, 0.15) is 16.7 Å². The zero-order chi connectivity index (χ0) is 27.8. The van der Waals surface area contributed by atoms with Crippen molar-refractivity contribution in [1.82, 2.24) is 30.5 Å². The molecular formula is C34H27FN6. The van der Waals surface area contributed by atoms with Crippen molar-refractivity contribution in [3.63, 3.8) is 0 Å². The molecule has 0 aliphatic rings. The minimum atomic E-state index is -0.242. The number of pyridine rings is 2. The summed E-state index contributed by atoms with van der Waals surface area (Å²) in [5.74, 6) is -0.242. The van der Waals surface area contributed by atoms with Gasteiger partial charge in [0.05, 0.1) is 16.9 Å². The van der Waals surface area contributed by atoms with Gasteiger partial charge >= 0.3 is 0 Å². The minimum Gasteiger partial charge on any atom is -0.353 e. The average molecular weight is 539 g/mol. The van der Waals surface area contributed by atoms with Crippen LogP contribution < -0.4 is 5.32 Å². The highest BCUT2D eigenvalue weighted by Crippen LogP contribution is 2.34. The number of aromatic nitrogens is 5. The Balaban J connectivity index is 1.21. The fourth-order valence-corrected chi connectivity index (χ4v) is 5.35. The number of nitrogens with one attached hydrogen (secondary N) is 3. The molecule has 0 radical (unpaired) electrons. The average Bonchev–Trinajstić information content (AvgIpc) is 3.61. The highest BCUT2D eigenvalue weighted by atomic mass is 19.1. The van der Waals surface area contributed by atoms with Gasteiger partial charge < -0.3 is 10.3 Å². The van der Waals surface area contributed by atoms with Crippen molar-refractivity contribution in [2.45, 2.75) is 20.0 Å². The first-order valence-corrected chi connectivity index (χ1v) is 13.5. The third-order valence-electron chi connectivity index (χ3n) is 7.27. The van der Waals surface area contributed by atoms with E-state index in [0.717, 1.165) is 73.4 Å². The highest BCUT2D eigenvalue weighted by Gasteiger charge is 2.16. The molecule has 0 saturated heterocycles. The zero-order valence-electron chi connectivity index (χ0n) is 22.4. The van der Waals surface area contributed by atoms with Gasteiger partial charge in [-0.25, -0.2) is 9.37 Å². The van der Waals surface area contributed by atoms with Crippen LogP contribution in [0.25, 0.3) is 55.7 Å². The van der Waals surface area contributed by atoms with E-state index >= 15 is 0 Å². The van der Waals surface area contributed by atoms with Gasteiger partial charge in [0, 0.05) is 41.9 Å². The fourth-order valence-electron chi connectivity index (χ4n) is 5.35. The SMILES string of the molecule is Cc1cc(F)cc(-c2cccc3[nH]c(-c4n[nH]c5ccc(-c6cncc(CNCc7ccccc7)c6)nc45)cc23)c1. The van der Waals surface area contributed by atoms with Crippen LogP contribution in [-0.4, -0.2) is 25.1 Å². The highest BCUT2D eigenvalue weighted by molar-refractivity contribution is 6.00. The van der Waals surface area contributed by atoms with Crippen molar-refractivity contribution in [3.8, 4) is 33.8 Å². The second-order valence-electron chi connectivity index (χ2n) is 10.3. The number of fused-ring (bicyclic) bond motifs is 2. The van der Waals surface area contributed by atoms with Crippen molar-refractivity contribution in [3.05, 3.63) is 126 Å². The van der Waals surface area contributed by atoms with Crippen LogP contribution in [-0.2, 0) is 13.1 Å². The van der Waals surface area contributed by atoms with Gasteiger partial charge in [-0.2, -0.15) is 5.10 Å². The molecule has 6 nitrogen and oxygen atoms in total. The predicted octanol–water partition coefficient (Wildman–Crippen LogP) is 7.57. The second kappa shape index (κ2) is 10.4. The maximum atomic E-state index is 14.2. The summed E-state index contributed by atoms with van der Waals surface area (Å²) in [6, 6.07) is 29.6. The van der Waals surface area contributed by atoms with E-state index in [9.17, 15) is 4.39 Å². The summed E-state index contributed by atoms with van der Waals surface area (Å²) < 4.78 is 14.2. The number of halogens is 1. The Morgan fingerprint density at radius 3 is 2.54 bits per heavy atom. The molecule has 0 bridgehead atoms. The Kier molecular flexibility index (Phi) is 6.34. The first-order chi connectivity index (χ1) is 20.1. The van der Waals surface area contributed by atoms with Crippen LogP contribution in [0, 0.1) is 12.7 Å².